The van der Waals surface area contributed by atoms with Crippen molar-refractivity contribution >= 4 is 17.2 Å². The summed E-state index contributed by atoms with van der Waals surface area (Å²) in [4.78, 5) is 0. The molecule has 0 aliphatic carbocycles. The van der Waals surface area contributed by atoms with Crippen LogP contribution < -0.4 is 16.9 Å². The van der Waals surface area contributed by atoms with Gasteiger partial charge in [-0.3, -0.25) is 0 Å². The van der Waals surface area contributed by atoms with Gasteiger partial charge in [-0.1, -0.05) is 18.2 Å². The van der Waals surface area contributed by atoms with Gasteiger partial charge < -0.3 is 16.2 Å². The molecule has 9 heteroatoms. The summed E-state index contributed by atoms with van der Waals surface area (Å²) >= 11 is 0. The van der Waals surface area contributed by atoms with Gasteiger partial charge in [0.25, 0.3) is 0 Å². The molecule has 0 aliphatic rings. The number of nitrogens with one attached hydrogen (secondary N) is 1. The molecule has 2 rings (SSSR count). The fourth-order valence-corrected chi connectivity index (χ4v) is 2.09. The molecule has 0 heterocycles. The van der Waals surface area contributed by atoms with E-state index in [1.165, 1.54) is 12.1 Å². The Hall–Kier alpha value is -2.78. The highest BCUT2D eigenvalue weighted by Gasteiger charge is 2.30. The molecule has 2 aromatic rings. The van der Waals surface area contributed by atoms with E-state index in [4.69, 9.17) is 16.7 Å². The maximum atomic E-state index is 12.8. The molecule has 0 atom stereocenters. The number of halogens is 3. The van der Waals surface area contributed by atoms with Crippen molar-refractivity contribution in [3.8, 4) is 0 Å². The first-order valence-electron chi connectivity index (χ1n) is 7.32. The first-order valence-corrected chi connectivity index (χ1v) is 7.32. The number of hydrogen-bond acceptors (Lipinski definition) is 5. The SMILES string of the molecule is N/C(=N\N(N)CCO)c1ccccc1Nc1cccc(C(F)(F)F)c1. The molecule has 0 aromatic heterocycles. The summed E-state index contributed by atoms with van der Waals surface area (Å²) in [5.41, 5.74) is 6.35. The highest BCUT2D eigenvalue weighted by Crippen LogP contribution is 2.31. The lowest BCUT2D eigenvalue weighted by Gasteiger charge is -2.15. The molecule has 2 aromatic carbocycles. The number of aliphatic hydroxyl groups is 1. The molecule has 6 N–H and O–H groups in total. The number of amidine groups is 1. The lowest BCUT2D eigenvalue weighted by molar-refractivity contribution is -0.137. The standard InChI is InChI=1S/C16H18F3N5O/c17-16(18,19)11-4-3-5-12(10-11)22-14-7-2-1-6-13(14)15(20)23-24(21)8-9-25/h1-7,10,22,25H,8-9,21H2,(H2,20,23). The molecule has 25 heavy (non-hydrogen) atoms. The topological polar surface area (TPSA) is 99.9 Å². The minimum atomic E-state index is -4.43. The van der Waals surface area contributed by atoms with Crippen LogP contribution in [0.5, 0.6) is 0 Å². The Morgan fingerprint density at radius 3 is 2.56 bits per heavy atom. The Morgan fingerprint density at radius 1 is 1.16 bits per heavy atom. The van der Waals surface area contributed by atoms with Crippen LogP contribution in [0.15, 0.2) is 53.6 Å². The average molecular weight is 353 g/mol. The first-order chi connectivity index (χ1) is 11.8. The summed E-state index contributed by atoms with van der Waals surface area (Å²) in [5, 5.41) is 16.6. The van der Waals surface area contributed by atoms with Crippen LogP contribution in [0.2, 0.25) is 0 Å². The molecule has 0 aliphatic heterocycles. The number of nitrogens with zero attached hydrogens (tertiary/aromatic N) is 2. The van der Waals surface area contributed by atoms with Gasteiger partial charge in [-0.2, -0.15) is 13.2 Å². The second-order valence-electron chi connectivity index (χ2n) is 5.12. The fourth-order valence-electron chi connectivity index (χ4n) is 2.09. The number of hydrazine groups is 1. The van der Waals surface area contributed by atoms with Crippen LogP contribution in [0.3, 0.4) is 0 Å². The molecule has 0 bridgehead atoms. The molecular formula is C16H18F3N5O. The van der Waals surface area contributed by atoms with Crippen LogP contribution in [0.1, 0.15) is 11.1 Å². The molecule has 0 radical (unpaired) electrons. The van der Waals surface area contributed by atoms with E-state index in [0.29, 0.717) is 11.3 Å². The first kappa shape index (κ1) is 18.6. The van der Waals surface area contributed by atoms with Crippen molar-refractivity contribution in [2.24, 2.45) is 16.7 Å². The molecular weight excluding hydrogens is 335 g/mol. The summed E-state index contributed by atoms with van der Waals surface area (Å²) in [6, 6.07) is 11.6. The lowest BCUT2D eigenvalue weighted by Crippen LogP contribution is -2.32. The second-order valence-corrected chi connectivity index (χ2v) is 5.12. The van der Waals surface area contributed by atoms with Gasteiger partial charge in [-0.05, 0) is 30.3 Å². The third-order valence-corrected chi connectivity index (χ3v) is 3.24. The zero-order chi connectivity index (χ0) is 18.4. The van der Waals surface area contributed by atoms with E-state index >= 15 is 0 Å². The van der Waals surface area contributed by atoms with Gasteiger partial charge >= 0.3 is 6.18 Å². The average Bonchev–Trinajstić information content (AvgIpc) is 2.55. The number of rotatable bonds is 6. The quantitative estimate of drug-likeness (QED) is 0.276. The van der Waals surface area contributed by atoms with Crippen molar-refractivity contribution in [3.63, 3.8) is 0 Å². The highest BCUT2D eigenvalue weighted by atomic mass is 19.4. The Bertz CT molecular complexity index is 749. The number of hydrazone groups is 1. The van der Waals surface area contributed by atoms with E-state index < -0.39 is 11.7 Å². The fraction of sp³-hybridized carbons (Fsp3) is 0.188. The Balaban J connectivity index is 2.30. The zero-order valence-corrected chi connectivity index (χ0v) is 13.2. The molecule has 134 valence electrons. The number of para-hydroxylation sites is 1. The van der Waals surface area contributed by atoms with E-state index in [1.54, 1.807) is 24.3 Å². The maximum Gasteiger partial charge on any atom is 0.416 e. The number of aliphatic hydroxyl groups excluding tert-OH is 1. The van der Waals surface area contributed by atoms with Crippen LogP contribution >= 0.6 is 0 Å². The molecule has 6 nitrogen and oxygen atoms in total. The third kappa shape index (κ3) is 5.10. The smallest absolute Gasteiger partial charge is 0.394 e. The molecule has 0 spiro atoms. The minimum Gasteiger partial charge on any atom is -0.394 e. The predicted molar refractivity (Wildman–Crippen MR) is 89.9 cm³/mol. The number of benzene rings is 2. The van der Waals surface area contributed by atoms with Crippen LogP contribution in [0.25, 0.3) is 0 Å². The van der Waals surface area contributed by atoms with Crippen molar-refractivity contribution in [3.05, 3.63) is 59.7 Å². The number of hydrogen-bond donors (Lipinski definition) is 4. The van der Waals surface area contributed by atoms with E-state index in [-0.39, 0.29) is 24.7 Å². The molecule has 0 amide bonds. The Kier molecular flexibility index (Phi) is 5.84. The summed E-state index contributed by atoms with van der Waals surface area (Å²) < 4.78 is 38.5. The molecule has 0 fully saturated rings. The van der Waals surface area contributed by atoms with Crippen molar-refractivity contribution in [2.45, 2.75) is 6.18 Å². The molecule has 0 unspecified atom stereocenters. The largest absolute Gasteiger partial charge is 0.416 e. The number of alkyl halides is 3. The van der Waals surface area contributed by atoms with Crippen LogP contribution in [-0.4, -0.2) is 29.2 Å². The van der Waals surface area contributed by atoms with Gasteiger partial charge in [0, 0.05) is 16.9 Å². The zero-order valence-electron chi connectivity index (χ0n) is 13.2. The summed E-state index contributed by atoms with van der Waals surface area (Å²) in [6.07, 6.45) is -4.43. The maximum absolute atomic E-state index is 12.8. The number of nitrogens with two attached hydrogens (primary N) is 2. The van der Waals surface area contributed by atoms with Crippen LogP contribution in [0, 0.1) is 0 Å². The molecule has 0 saturated carbocycles. The van der Waals surface area contributed by atoms with Crippen LogP contribution in [0.4, 0.5) is 24.5 Å². The summed E-state index contributed by atoms with van der Waals surface area (Å²) in [5.74, 6) is 5.61. The van der Waals surface area contributed by atoms with Gasteiger partial charge in [0.05, 0.1) is 18.7 Å². The van der Waals surface area contributed by atoms with Crippen molar-refractivity contribution in [2.75, 3.05) is 18.5 Å². The lowest BCUT2D eigenvalue weighted by atomic mass is 10.1. The van der Waals surface area contributed by atoms with Gasteiger partial charge in [0.1, 0.15) is 0 Å². The Morgan fingerprint density at radius 2 is 1.88 bits per heavy atom. The summed E-state index contributed by atoms with van der Waals surface area (Å²) in [7, 11) is 0. The van der Waals surface area contributed by atoms with Crippen molar-refractivity contribution in [1.82, 2.24) is 5.12 Å². The third-order valence-electron chi connectivity index (χ3n) is 3.24. The predicted octanol–water partition coefficient (Wildman–Crippen LogP) is 2.24. The second kappa shape index (κ2) is 7.86. The summed E-state index contributed by atoms with van der Waals surface area (Å²) in [6.45, 7) is -0.110. The van der Waals surface area contributed by atoms with E-state index in [0.717, 1.165) is 17.3 Å². The van der Waals surface area contributed by atoms with Crippen molar-refractivity contribution < 1.29 is 18.3 Å². The van der Waals surface area contributed by atoms with Gasteiger partial charge in [0.15, 0.2) is 5.84 Å². The normalized spacial score (nSPS) is 12.1. The van der Waals surface area contributed by atoms with Gasteiger partial charge in [-0.25, -0.2) is 11.0 Å². The van der Waals surface area contributed by atoms with E-state index in [9.17, 15) is 13.2 Å². The van der Waals surface area contributed by atoms with E-state index in [2.05, 4.69) is 10.4 Å². The van der Waals surface area contributed by atoms with Gasteiger partial charge in [-0.15, -0.1) is 5.10 Å². The molecule has 0 saturated heterocycles. The minimum absolute atomic E-state index is 0.0611. The van der Waals surface area contributed by atoms with Gasteiger partial charge in [0.2, 0.25) is 0 Å². The number of anilines is 2. The van der Waals surface area contributed by atoms with Crippen LogP contribution in [-0.2, 0) is 6.18 Å². The Labute approximate surface area is 142 Å². The highest BCUT2D eigenvalue weighted by molar-refractivity contribution is 6.02. The van der Waals surface area contributed by atoms with E-state index in [1.807, 2.05) is 0 Å². The van der Waals surface area contributed by atoms with Crippen molar-refractivity contribution in [1.29, 1.82) is 0 Å². The monoisotopic (exact) mass is 353 g/mol.